The summed E-state index contributed by atoms with van der Waals surface area (Å²) in [5.74, 6) is -0.488. The lowest BCUT2D eigenvalue weighted by Crippen LogP contribution is -2.18. The van der Waals surface area contributed by atoms with Gasteiger partial charge in [-0.2, -0.15) is 0 Å². The molecule has 22 heavy (non-hydrogen) atoms. The minimum absolute atomic E-state index is 0.243. The SMILES string of the molecule is CCOc1ccc(C(=O)Nc2ccccc2C(N)=O)cc1Cl. The van der Waals surface area contributed by atoms with E-state index in [9.17, 15) is 9.59 Å². The lowest BCUT2D eigenvalue weighted by Gasteiger charge is -2.10. The van der Waals surface area contributed by atoms with Crippen molar-refractivity contribution in [1.29, 1.82) is 0 Å². The summed E-state index contributed by atoms with van der Waals surface area (Å²) in [6, 6.07) is 11.3. The van der Waals surface area contributed by atoms with Crippen LogP contribution in [0.3, 0.4) is 0 Å². The lowest BCUT2D eigenvalue weighted by atomic mass is 10.1. The first kappa shape index (κ1) is 15.9. The van der Waals surface area contributed by atoms with Gasteiger partial charge in [0.2, 0.25) is 0 Å². The number of para-hydroxylation sites is 1. The molecule has 0 atom stereocenters. The number of primary amides is 1. The number of hydrogen-bond acceptors (Lipinski definition) is 3. The first-order chi connectivity index (χ1) is 10.5. The summed E-state index contributed by atoms with van der Waals surface area (Å²) in [5, 5.41) is 2.99. The quantitative estimate of drug-likeness (QED) is 0.888. The molecule has 0 aliphatic rings. The van der Waals surface area contributed by atoms with Crippen molar-refractivity contribution in [2.24, 2.45) is 5.73 Å². The van der Waals surface area contributed by atoms with Gasteiger partial charge in [0.05, 0.1) is 22.9 Å². The fourth-order valence-electron chi connectivity index (χ4n) is 1.92. The molecule has 0 aromatic heterocycles. The molecule has 5 nitrogen and oxygen atoms in total. The zero-order chi connectivity index (χ0) is 16.1. The summed E-state index contributed by atoms with van der Waals surface area (Å²) in [5.41, 5.74) is 6.23. The van der Waals surface area contributed by atoms with Gasteiger partial charge in [0.25, 0.3) is 11.8 Å². The van der Waals surface area contributed by atoms with Crippen LogP contribution in [0.5, 0.6) is 5.75 Å². The molecule has 2 amide bonds. The van der Waals surface area contributed by atoms with Gasteiger partial charge in [-0.1, -0.05) is 23.7 Å². The largest absolute Gasteiger partial charge is 0.492 e. The lowest BCUT2D eigenvalue weighted by molar-refractivity contribution is 0.100. The third-order valence-corrected chi connectivity index (χ3v) is 3.23. The fraction of sp³-hybridized carbons (Fsp3) is 0.125. The summed E-state index contributed by atoms with van der Waals surface area (Å²) < 4.78 is 5.32. The molecule has 0 aliphatic heterocycles. The Balaban J connectivity index is 2.23. The Labute approximate surface area is 133 Å². The Hall–Kier alpha value is -2.53. The highest BCUT2D eigenvalue weighted by Gasteiger charge is 2.13. The number of nitrogens with two attached hydrogens (primary N) is 1. The van der Waals surface area contributed by atoms with Crippen LogP contribution in [0.15, 0.2) is 42.5 Å². The molecule has 0 unspecified atom stereocenters. The minimum atomic E-state index is -0.611. The van der Waals surface area contributed by atoms with Crippen LogP contribution in [-0.2, 0) is 0 Å². The molecule has 3 N–H and O–H groups in total. The number of carbonyl (C=O) groups is 2. The summed E-state index contributed by atoms with van der Waals surface area (Å²) in [6.07, 6.45) is 0. The molecular formula is C16H15ClN2O3. The van der Waals surface area contributed by atoms with E-state index in [1.54, 1.807) is 36.4 Å². The Morgan fingerprint density at radius 2 is 1.95 bits per heavy atom. The standard InChI is InChI=1S/C16H15ClN2O3/c1-2-22-14-8-7-10(9-12(14)17)16(21)19-13-6-4-3-5-11(13)15(18)20/h3-9H,2H2,1H3,(H2,18,20)(H,19,21). The van der Waals surface area contributed by atoms with Crippen LogP contribution >= 0.6 is 11.6 Å². The Morgan fingerprint density at radius 1 is 1.23 bits per heavy atom. The fourth-order valence-corrected chi connectivity index (χ4v) is 2.15. The number of carbonyl (C=O) groups excluding carboxylic acids is 2. The van der Waals surface area contributed by atoms with Crippen LogP contribution in [0.2, 0.25) is 5.02 Å². The first-order valence-corrected chi connectivity index (χ1v) is 7.03. The molecule has 0 heterocycles. The van der Waals surface area contributed by atoms with Crippen molar-refractivity contribution in [3.63, 3.8) is 0 Å². The summed E-state index contributed by atoms with van der Waals surface area (Å²) in [4.78, 5) is 23.6. The molecule has 0 fully saturated rings. The highest BCUT2D eigenvalue weighted by Crippen LogP contribution is 2.26. The first-order valence-electron chi connectivity index (χ1n) is 6.65. The van der Waals surface area contributed by atoms with Crippen LogP contribution < -0.4 is 15.8 Å². The number of anilines is 1. The van der Waals surface area contributed by atoms with Crippen LogP contribution in [-0.4, -0.2) is 18.4 Å². The van der Waals surface area contributed by atoms with E-state index in [4.69, 9.17) is 22.1 Å². The maximum atomic E-state index is 12.2. The number of rotatable bonds is 5. The average molecular weight is 319 g/mol. The Bertz CT molecular complexity index is 716. The molecule has 114 valence electrons. The maximum Gasteiger partial charge on any atom is 0.255 e. The van der Waals surface area contributed by atoms with Crippen molar-refractivity contribution in [3.8, 4) is 5.75 Å². The van der Waals surface area contributed by atoms with Crippen molar-refractivity contribution in [2.75, 3.05) is 11.9 Å². The van der Waals surface area contributed by atoms with Gasteiger partial charge in [-0.05, 0) is 37.3 Å². The highest BCUT2D eigenvalue weighted by atomic mass is 35.5. The van der Waals surface area contributed by atoms with Crippen molar-refractivity contribution in [1.82, 2.24) is 0 Å². The van der Waals surface area contributed by atoms with Gasteiger partial charge in [0.15, 0.2) is 0 Å². The highest BCUT2D eigenvalue weighted by molar-refractivity contribution is 6.32. The average Bonchev–Trinajstić information content (AvgIpc) is 2.49. The van der Waals surface area contributed by atoms with E-state index in [1.807, 2.05) is 6.92 Å². The molecule has 0 radical (unpaired) electrons. The third kappa shape index (κ3) is 3.56. The minimum Gasteiger partial charge on any atom is -0.492 e. The van der Waals surface area contributed by atoms with Gasteiger partial charge in [-0.15, -0.1) is 0 Å². The van der Waals surface area contributed by atoms with E-state index in [0.717, 1.165) is 0 Å². The van der Waals surface area contributed by atoms with Crippen LogP contribution in [0.1, 0.15) is 27.6 Å². The topological polar surface area (TPSA) is 81.4 Å². The molecule has 0 aliphatic carbocycles. The Kier molecular flexibility index (Phi) is 5.01. The van der Waals surface area contributed by atoms with E-state index in [-0.39, 0.29) is 5.56 Å². The van der Waals surface area contributed by atoms with Crippen LogP contribution in [0.4, 0.5) is 5.69 Å². The zero-order valence-electron chi connectivity index (χ0n) is 11.9. The molecule has 0 saturated heterocycles. The normalized spacial score (nSPS) is 10.1. The number of nitrogens with one attached hydrogen (secondary N) is 1. The molecule has 2 aromatic rings. The van der Waals surface area contributed by atoms with Gasteiger partial charge in [0, 0.05) is 5.56 Å². The van der Waals surface area contributed by atoms with E-state index in [1.165, 1.54) is 6.07 Å². The van der Waals surface area contributed by atoms with Crippen molar-refractivity contribution < 1.29 is 14.3 Å². The molecule has 2 aromatic carbocycles. The molecule has 0 saturated carbocycles. The summed E-state index contributed by atoms with van der Waals surface area (Å²) in [7, 11) is 0. The number of hydrogen-bond donors (Lipinski definition) is 2. The molecular weight excluding hydrogens is 304 g/mol. The zero-order valence-corrected chi connectivity index (χ0v) is 12.7. The van der Waals surface area contributed by atoms with Crippen molar-refractivity contribution in [3.05, 3.63) is 58.6 Å². The number of ether oxygens (including phenoxy) is 1. The Morgan fingerprint density at radius 3 is 2.59 bits per heavy atom. The van der Waals surface area contributed by atoms with Gasteiger partial charge in [0.1, 0.15) is 5.75 Å². The summed E-state index contributed by atoms with van der Waals surface area (Å²) >= 11 is 6.06. The van der Waals surface area contributed by atoms with Crippen LogP contribution in [0, 0.1) is 0 Å². The number of amides is 2. The molecule has 0 bridgehead atoms. The van der Waals surface area contributed by atoms with Crippen molar-refractivity contribution in [2.45, 2.75) is 6.92 Å². The second kappa shape index (κ2) is 6.95. The van der Waals surface area contributed by atoms with Crippen molar-refractivity contribution >= 4 is 29.1 Å². The maximum absolute atomic E-state index is 12.2. The van der Waals surface area contributed by atoms with Gasteiger partial charge in [-0.25, -0.2) is 0 Å². The van der Waals surface area contributed by atoms with E-state index in [0.29, 0.717) is 28.6 Å². The molecule has 0 spiro atoms. The smallest absolute Gasteiger partial charge is 0.255 e. The van der Waals surface area contributed by atoms with E-state index in [2.05, 4.69) is 5.32 Å². The molecule has 2 rings (SSSR count). The third-order valence-electron chi connectivity index (χ3n) is 2.93. The predicted molar refractivity (Wildman–Crippen MR) is 85.5 cm³/mol. The second-order valence-electron chi connectivity index (χ2n) is 4.44. The molecule has 6 heteroatoms. The predicted octanol–water partition coefficient (Wildman–Crippen LogP) is 3.09. The van der Waals surface area contributed by atoms with E-state index < -0.39 is 11.8 Å². The van der Waals surface area contributed by atoms with E-state index >= 15 is 0 Å². The van der Waals surface area contributed by atoms with Crippen LogP contribution in [0.25, 0.3) is 0 Å². The summed E-state index contributed by atoms with van der Waals surface area (Å²) in [6.45, 7) is 2.33. The number of halogens is 1. The second-order valence-corrected chi connectivity index (χ2v) is 4.85. The number of benzene rings is 2. The monoisotopic (exact) mass is 318 g/mol. The van der Waals surface area contributed by atoms with Gasteiger partial charge < -0.3 is 15.8 Å². The van der Waals surface area contributed by atoms with Gasteiger partial charge >= 0.3 is 0 Å². The van der Waals surface area contributed by atoms with Gasteiger partial charge in [-0.3, -0.25) is 9.59 Å².